The number of fused-ring (bicyclic) bond motifs is 3. The molecule has 1 aliphatic carbocycles. The van der Waals surface area contributed by atoms with Crippen LogP contribution in [0.5, 0.6) is 0 Å². The zero-order valence-corrected chi connectivity index (χ0v) is 20.5. The van der Waals surface area contributed by atoms with Gasteiger partial charge in [0.15, 0.2) is 3.95 Å². The van der Waals surface area contributed by atoms with E-state index in [1.807, 2.05) is 30.3 Å². The molecular weight excluding hydrogens is 472 g/mol. The molecule has 1 aliphatic rings. The van der Waals surface area contributed by atoms with Crippen LogP contribution in [0, 0.1) is 3.95 Å². The molecule has 0 bridgehead atoms. The molecule has 2 aromatic heterocycles. The molecule has 3 aromatic rings. The number of para-hydroxylation sites is 1. The van der Waals surface area contributed by atoms with Gasteiger partial charge in [0, 0.05) is 27.2 Å². The maximum absolute atomic E-state index is 13.0. The number of hydrogen-bond acceptors (Lipinski definition) is 6. The summed E-state index contributed by atoms with van der Waals surface area (Å²) in [5, 5.41) is 3.27. The average Bonchev–Trinajstić information content (AvgIpc) is 3.26. The summed E-state index contributed by atoms with van der Waals surface area (Å²) >= 11 is 14.3. The van der Waals surface area contributed by atoms with Crippen LogP contribution < -0.4 is 5.32 Å². The first-order valence-corrected chi connectivity index (χ1v) is 12.4. The largest absolute Gasteiger partial charge is 0.462 e. The maximum atomic E-state index is 13.0. The molecule has 1 amide bonds. The molecule has 9 heteroatoms. The second kappa shape index (κ2) is 8.50. The van der Waals surface area contributed by atoms with Crippen molar-refractivity contribution in [2.24, 2.45) is 0 Å². The zero-order chi connectivity index (χ0) is 22.3. The van der Waals surface area contributed by atoms with E-state index < -0.39 is 5.97 Å². The Bertz CT molecular complexity index is 1220. The van der Waals surface area contributed by atoms with Crippen molar-refractivity contribution in [1.82, 2.24) is 4.57 Å². The molecule has 1 aromatic carbocycles. The van der Waals surface area contributed by atoms with Crippen LogP contribution in [-0.2, 0) is 21.4 Å². The molecule has 2 heterocycles. The second-order valence-corrected chi connectivity index (χ2v) is 10.7. The van der Waals surface area contributed by atoms with Gasteiger partial charge in [-0.2, -0.15) is 0 Å². The van der Waals surface area contributed by atoms with Crippen LogP contribution in [0.25, 0.3) is 16.1 Å². The highest BCUT2D eigenvalue weighted by molar-refractivity contribution is 7.73. The van der Waals surface area contributed by atoms with Gasteiger partial charge in [0.1, 0.15) is 16.4 Å². The van der Waals surface area contributed by atoms with Crippen LogP contribution in [0.2, 0.25) is 0 Å². The molecule has 0 unspecified atom stereocenters. The number of thiophene rings is 1. The molecule has 0 saturated heterocycles. The van der Waals surface area contributed by atoms with Gasteiger partial charge in [0.25, 0.3) is 0 Å². The summed E-state index contributed by atoms with van der Waals surface area (Å²) in [6, 6.07) is 9.98. The number of amides is 1. The standard InChI is InChI=1S/C22H21ClN2O3S3/c1-4-28-20(27)16-15-17-13(25(21(29)30-17)12-8-6-5-7-9-12)10-22(2,3)18(15)31-19(16)24-14(26)11-23/h5-9H,4,10-11H2,1-3H3,(H,24,26). The quantitative estimate of drug-likeness (QED) is 0.262. The smallest absolute Gasteiger partial charge is 0.341 e. The summed E-state index contributed by atoms with van der Waals surface area (Å²) in [7, 11) is 0. The van der Waals surface area contributed by atoms with Crippen LogP contribution in [-0.4, -0.2) is 28.9 Å². The fourth-order valence-corrected chi connectivity index (χ4v) is 6.84. The first-order valence-electron chi connectivity index (χ1n) is 9.79. The lowest BCUT2D eigenvalue weighted by Gasteiger charge is -2.30. The van der Waals surface area contributed by atoms with Crippen molar-refractivity contribution in [3.63, 3.8) is 0 Å². The van der Waals surface area contributed by atoms with Crippen molar-refractivity contribution in [1.29, 1.82) is 0 Å². The van der Waals surface area contributed by atoms with E-state index in [2.05, 4.69) is 23.7 Å². The third-order valence-corrected chi connectivity index (χ3v) is 8.28. The lowest BCUT2D eigenvalue weighted by Crippen LogP contribution is -2.26. The van der Waals surface area contributed by atoms with E-state index in [9.17, 15) is 9.59 Å². The number of hydrogen-bond donors (Lipinski definition) is 1. The normalized spacial score (nSPS) is 13.9. The summed E-state index contributed by atoms with van der Waals surface area (Å²) in [6.45, 7) is 6.29. The van der Waals surface area contributed by atoms with Crippen molar-refractivity contribution in [2.45, 2.75) is 32.6 Å². The van der Waals surface area contributed by atoms with Crippen LogP contribution in [0.1, 0.15) is 41.7 Å². The number of esters is 1. The molecule has 4 rings (SSSR count). The highest BCUT2D eigenvalue weighted by Gasteiger charge is 2.41. The van der Waals surface area contributed by atoms with E-state index in [0.29, 0.717) is 14.5 Å². The fourth-order valence-electron chi connectivity index (χ4n) is 3.87. The molecule has 0 saturated carbocycles. The molecular formula is C22H21ClN2O3S3. The molecule has 5 nitrogen and oxygen atoms in total. The summed E-state index contributed by atoms with van der Waals surface area (Å²) in [5.41, 5.74) is 2.98. The molecule has 0 radical (unpaired) electrons. The number of anilines is 1. The Morgan fingerprint density at radius 2 is 1.97 bits per heavy atom. The average molecular weight is 493 g/mol. The number of ether oxygens (including phenoxy) is 1. The van der Waals surface area contributed by atoms with E-state index in [1.165, 1.54) is 22.7 Å². The number of benzene rings is 1. The number of alkyl halides is 1. The van der Waals surface area contributed by atoms with Crippen molar-refractivity contribution >= 4 is 63.4 Å². The Labute approximate surface area is 198 Å². The summed E-state index contributed by atoms with van der Waals surface area (Å²) in [5.74, 6) is -1.01. The Hall–Kier alpha value is -2.00. The number of nitrogens with zero attached hydrogens (tertiary/aromatic N) is 1. The van der Waals surface area contributed by atoms with Gasteiger partial charge in [-0.3, -0.25) is 9.36 Å². The summed E-state index contributed by atoms with van der Waals surface area (Å²) in [4.78, 5) is 27.1. The Kier molecular flexibility index (Phi) is 6.09. The highest BCUT2D eigenvalue weighted by atomic mass is 35.5. The molecule has 0 atom stereocenters. The van der Waals surface area contributed by atoms with Gasteiger partial charge in [0.05, 0.1) is 11.5 Å². The minimum absolute atomic E-state index is 0.192. The highest BCUT2D eigenvalue weighted by Crippen LogP contribution is 2.54. The SMILES string of the molecule is CCOC(=O)c1c(NC(=O)CCl)sc2c1-c1sc(=S)n(-c3ccccc3)c1CC2(C)C. The van der Waals surface area contributed by atoms with Gasteiger partial charge in [-0.05, 0) is 37.7 Å². The van der Waals surface area contributed by atoms with Crippen molar-refractivity contribution in [2.75, 3.05) is 17.8 Å². The van der Waals surface area contributed by atoms with Crippen LogP contribution in [0.15, 0.2) is 30.3 Å². The van der Waals surface area contributed by atoms with Gasteiger partial charge in [-0.25, -0.2) is 4.79 Å². The zero-order valence-electron chi connectivity index (χ0n) is 17.3. The van der Waals surface area contributed by atoms with Gasteiger partial charge in [-0.1, -0.05) is 32.0 Å². The summed E-state index contributed by atoms with van der Waals surface area (Å²) in [6.07, 6.45) is 0.753. The third-order valence-electron chi connectivity index (χ3n) is 5.13. The number of nitrogens with one attached hydrogen (secondary N) is 1. The van der Waals surface area contributed by atoms with E-state index in [1.54, 1.807) is 6.92 Å². The molecule has 0 fully saturated rings. The molecule has 0 aliphatic heterocycles. The Balaban J connectivity index is 2.01. The van der Waals surface area contributed by atoms with Gasteiger partial charge < -0.3 is 10.1 Å². The number of halogens is 1. The van der Waals surface area contributed by atoms with E-state index >= 15 is 0 Å². The van der Waals surface area contributed by atoms with Crippen LogP contribution >= 0.6 is 46.5 Å². The first-order chi connectivity index (χ1) is 14.8. The predicted molar refractivity (Wildman–Crippen MR) is 130 cm³/mol. The minimum atomic E-state index is -0.459. The molecule has 0 spiro atoms. The van der Waals surface area contributed by atoms with E-state index in [-0.39, 0.29) is 23.8 Å². The summed E-state index contributed by atoms with van der Waals surface area (Å²) < 4.78 is 8.17. The third kappa shape index (κ3) is 3.86. The fraction of sp³-hybridized carbons (Fsp3) is 0.318. The second-order valence-electron chi connectivity index (χ2n) is 7.79. The molecule has 162 valence electrons. The van der Waals surface area contributed by atoms with Crippen molar-refractivity contribution in [3.05, 3.63) is 50.4 Å². The lowest BCUT2D eigenvalue weighted by molar-refractivity contribution is -0.113. The first kappa shape index (κ1) is 22.2. The van der Waals surface area contributed by atoms with Gasteiger partial charge >= 0.3 is 5.97 Å². The maximum Gasteiger partial charge on any atom is 0.341 e. The van der Waals surface area contributed by atoms with Gasteiger partial charge in [-0.15, -0.1) is 34.3 Å². The topological polar surface area (TPSA) is 60.3 Å². The van der Waals surface area contributed by atoms with E-state index in [4.69, 9.17) is 28.6 Å². The predicted octanol–water partition coefficient (Wildman–Crippen LogP) is 6.18. The molecule has 1 N–H and O–H groups in total. The van der Waals surface area contributed by atoms with Crippen molar-refractivity contribution < 1.29 is 14.3 Å². The van der Waals surface area contributed by atoms with Crippen LogP contribution in [0.4, 0.5) is 5.00 Å². The molecule has 31 heavy (non-hydrogen) atoms. The monoisotopic (exact) mass is 492 g/mol. The minimum Gasteiger partial charge on any atom is -0.462 e. The number of thiazole rings is 1. The Morgan fingerprint density at radius 3 is 2.61 bits per heavy atom. The Morgan fingerprint density at radius 1 is 1.26 bits per heavy atom. The van der Waals surface area contributed by atoms with E-state index in [0.717, 1.165) is 33.1 Å². The number of carbonyl (C=O) groups excluding carboxylic acids is 2. The van der Waals surface area contributed by atoms with Gasteiger partial charge in [0.2, 0.25) is 5.91 Å². The number of rotatable bonds is 5. The van der Waals surface area contributed by atoms with Crippen LogP contribution in [0.3, 0.4) is 0 Å². The lowest BCUT2D eigenvalue weighted by atomic mass is 9.78. The number of aromatic nitrogens is 1. The van der Waals surface area contributed by atoms with Crippen molar-refractivity contribution in [3.8, 4) is 16.1 Å². The number of carbonyl (C=O) groups is 2.